The summed E-state index contributed by atoms with van der Waals surface area (Å²) >= 11 is 0.679. The second kappa shape index (κ2) is 1.91. The molecule has 0 radical (unpaired) electrons. The van der Waals surface area contributed by atoms with E-state index in [2.05, 4.69) is 0 Å². The van der Waals surface area contributed by atoms with Gasteiger partial charge in [-0.3, -0.25) is 0 Å². The third kappa shape index (κ3) is 1.34. The topological polar surface area (TPSA) is 46.1 Å². The first-order valence-corrected chi connectivity index (χ1v) is 2.88. The van der Waals surface area contributed by atoms with Crippen LogP contribution in [0.2, 0.25) is 0 Å². The highest BCUT2D eigenvalue weighted by atomic mass is 32.2. The highest BCUT2D eigenvalue weighted by Crippen LogP contribution is 2.23. The quantitative estimate of drug-likeness (QED) is 0.283. The van der Waals surface area contributed by atoms with Gasteiger partial charge in [0.15, 0.2) is 0 Å². The van der Waals surface area contributed by atoms with E-state index >= 15 is 0 Å². The molecule has 0 atom stereocenters. The lowest BCUT2D eigenvalue weighted by Gasteiger charge is -2.39. The average Bonchev–Trinajstić information content (AvgIpc) is 1.65. The first-order valence-electron chi connectivity index (χ1n) is 2.04. The molecule has 3 nitrogen and oxygen atoms in total. The molecule has 0 amide bonds. The second-order valence-electron chi connectivity index (χ2n) is 1.32. The Morgan fingerprint density at radius 3 is 2.25 bits per heavy atom. The smallest absolute Gasteiger partial charge is 0.110 e. The van der Waals surface area contributed by atoms with Crippen molar-refractivity contribution < 1.29 is 4.21 Å². The molecule has 0 spiro atoms. The van der Waals surface area contributed by atoms with Crippen LogP contribution in [-0.4, -0.2) is 4.21 Å². The van der Waals surface area contributed by atoms with Crippen molar-refractivity contribution in [3.8, 4) is 0 Å². The average molecular weight is 130 g/mol. The predicted molar refractivity (Wildman–Crippen MR) is 32.9 cm³/mol. The summed E-state index contributed by atoms with van der Waals surface area (Å²) in [6.45, 7) is 0. The summed E-state index contributed by atoms with van der Waals surface area (Å²) in [5, 5.41) is 22.1. The van der Waals surface area contributed by atoms with E-state index in [1.807, 2.05) is 0 Å². The van der Waals surface area contributed by atoms with Gasteiger partial charge in [0.25, 0.3) is 0 Å². The van der Waals surface area contributed by atoms with Crippen molar-refractivity contribution in [1.29, 1.82) is 0 Å². The fourth-order valence-electron chi connectivity index (χ4n) is 0.356. The molecule has 1 aliphatic rings. The third-order valence-electron chi connectivity index (χ3n) is 0.666. The Kier molecular flexibility index (Phi) is 1.39. The fourth-order valence-corrected chi connectivity index (χ4v) is 0.827. The van der Waals surface area contributed by atoms with Crippen molar-refractivity contribution in [2.24, 2.45) is 0 Å². The molecule has 4 heteroatoms. The van der Waals surface area contributed by atoms with Crippen LogP contribution in [0.3, 0.4) is 0 Å². The van der Waals surface area contributed by atoms with Crippen LogP contribution in [0.1, 0.15) is 0 Å². The van der Waals surface area contributed by atoms with Gasteiger partial charge in [-0.2, -0.15) is 0 Å². The van der Waals surface area contributed by atoms with E-state index in [0.717, 1.165) is 6.20 Å². The van der Waals surface area contributed by atoms with Gasteiger partial charge in [-0.15, -0.1) is 0 Å². The highest BCUT2D eigenvalue weighted by Gasteiger charge is 2.00. The van der Waals surface area contributed by atoms with E-state index in [4.69, 9.17) is 0 Å². The Bertz CT molecular complexity index is 141. The summed E-state index contributed by atoms with van der Waals surface area (Å²) < 4.78 is -1.60. The molecule has 44 valence electrons. The zero-order chi connectivity index (χ0) is 6.04. The number of rotatable bonds is 0. The third-order valence-corrected chi connectivity index (χ3v) is 1.36. The minimum Gasteiger partial charge on any atom is -0.614 e. The van der Waals surface area contributed by atoms with E-state index in [0.29, 0.717) is 11.9 Å². The molecule has 0 saturated heterocycles. The van der Waals surface area contributed by atoms with Gasteiger partial charge >= 0.3 is 0 Å². The van der Waals surface area contributed by atoms with Crippen molar-refractivity contribution in [2.75, 3.05) is 0 Å². The molecule has 1 rings (SSSR count). The van der Waals surface area contributed by atoms with Crippen LogP contribution < -0.4 is 0 Å². The summed E-state index contributed by atoms with van der Waals surface area (Å²) in [7, 11) is 0. The Labute approximate surface area is 51.2 Å². The van der Waals surface area contributed by atoms with Crippen molar-refractivity contribution in [1.82, 2.24) is 0 Å². The molecule has 0 fully saturated rings. The molecular formula is C4H4NO2S-. The van der Waals surface area contributed by atoms with Crippen molar-refractivity contribution in [3.05, 3.63) is 34.2 Å². The van der Waals surface area contributed by atoms with E-state index < -0.39 is 4.21 Å². The SMILES string of the molecule is [O-][N+]1([O-])C=CC=CS1. The zero-order valence-corrected chi connectivity index (χ0v) is 4.80. The van der Waals surface area contributed by atoms with Gasteiger partial charge in [0.2, 0.25) is 0 Å². The van der Waals surface area contributed by atoms with Gasteiger partial charge in [-0.05, 0) is 12.2 Å². The molecule has 1 heterocycles. The number of nitrogens with zero attached hydrogens (tertiary/aromatic N) is 1. The minimum absolute atomic E-state index is 0.679. The van der Waals surface area contributed by atoms with Crippen molar-refractivity contribution in [3.63, 3.8) is 0 Å². The van der Waals surface area contributed by atoms with E-state index in [9.17, 15) is 10.4 Å². The Morgan fingerprint density at radius 1 is 1.25 bits per heavy atom. The second-order valence-corrected chi connectivity index (χ2v) is 2.31. The van der Waals surface area contributed by atoms with Gasteiger partial charge in [-0.1, -0.05) is 0 Å². The molecule has 0 unspecified atom stereocenters. The molecular weight excluding hydrogens is 126 g/mol. The standard InChI is InChI=1S/C4H4NO2S/c6-5(7)3-1-2-4-8-5/h1-4H/q-1. The number of quaternary nitrogens is 1. The summed E-state index contributed by atoms with van der Waals surface area (Å²) in [5.41, 5.74) is 0. The molecule has 0 saturated carbocycles. The predicted octanol–water partition coefficient (Wildman–Crippen LogP) is 1.49. The highest BCUT2D eigenvalue weighted by molar-refractivity contribution is 7.96. The monoisotopic (exact) mass is 130 g/mol. The normalized spacial score (nSPS) is 23.8. The molecule has 0 aliphatic carbocycles. The Morgan fingerprint density at radius 2 is 2.00 bits per heavy atom. The molecule has 0 N–H and O–H groups in total. The van der Waals surface area contributed by atoms with Gasteiger partial charge in [0.05, 0.1) is 0 Å². The van der Waals surface area contributed by atoms with Gasteiger partial charge in [0.1, 0.15) is 18.1 Å². The number of hydrogen-bond donors (Lipinski definition) is 0. The zero-order valence-electron chi connectivity index (χ0n) is 3.98. The fraction of sp³-hybridized carbons (Fsp3) is 0. The van der Waals surface area contributed by atoms with Crippen LogP contribution in [0.15, 0.2) is 23.8 Å². The van der Waals surface area contributed by atoms with Gasteiger partial charge in [-0.25, -0.2) is 0 Å². The van der Waals surface area contributed by atoms with Crippen LogP contribution >= 0.6 is 11.9 Å². The lowest BCUT2D eigenvalue weighted by atomic mass is 10.6. The minimum atomic E-state index is -1.60. The number of hydrogen-bond acceptors (Lipinski definition) is 3. The van der Waals surface area contributed by atoms with E-state index in [-0.39, 0.29) is 0 Å². The maximum Gasteiger partial charge on any atom is 0.110 e. The largest absolute Gasteiger partial charge is 0.614 e. The molecule has 0 aromatic rings. The van der Waals surface area contributed by atoms with E-state index in [1.165, 1.54) is 11.5 Å². The summed E-state index contributed by atoms with van der Waals surface area (Å²) in [6.07, 6.45) is 4.12. The summed E-state index contributed by atoms with van der Waals surface area (Å²) in [6, 6.07) is 0. The molecule has 1 aliphatic heterocycles. The van der Waals surface area contributed by atoms with Crippen LogP contribution in [-0.2, 0) is 0 Å². The van der Waals surface area contributed by atoms with Gasteiger partial charge < -0.3 is 14.6 Å². The Balaban J connectivity index is 2.65. The molecule has 0 aromatic heterocycles. The number of hydroxylamine groups is 2. The van der Waals surface area contributed by atoms with Crippen molar-refractivity contribution in [2.45, 2.75) is 0 Å². The lowest BCUT2D eigenvalue weighted by Crippen LogP contribution is -2.18. The van der Waals surface area contributed by atoms with Crippen LogP contribution in [0.4, 0.5) is 0 Å². The van der Waals surface area contributed by atoms with Crippen molar-refractivity contribution >= 4 is 11.9 Å². The lowest BCUT2D eigenvalue weighted by molar-refractivity contribution is -0.617. The van der Waals surface area contributed by atoms with Crippen LogP contribution in [0.5, 0.6) is 0 Å². The van der Waals surface area contributed by atoms with Gasteiger partial charge in [0, 0.05) is 5.41 Å². The molecule has 0 bridgehead atoms. The first kappa shape index (κ1) is 5.84. The maximum atomic E-state index is 10.3. The van der Waals surface area contributed by atoms with Crippen LogP contribution in [0, 0.1) is 10.4 Å². The number of allylic oxidation sites excluding steroid dienone is 2. The Hall–Kier alpha value is -0.290. The summed E-state index contributed by atoms with van der Waals surface area (Å²) in [4.78, 5) is 0. The molecule has 0 aromatic carbocycles. The molecule has 8 heavy (non-hydrogen) atoms. The maximum absolute atomic E-state index is 10.3. The van der Waals surface area contributed by atoms with E-state index in [1.54, 1.807) is 6.08 Å². The summed E-state index contributed by atoms with van der Waals surface area (Å²) in [5.74, 6) is 0. The van der Waals surface area contributed by atoms with Crippen LogP contribution in [0.25, 0.3) is 0 Å². The first-order chi connectivity index (χ1) is 3.71.